The average molecular weight is 318 g/mol. The van der Waals surface area contributed by atoms with Crippen LogP contribution in [0.1, 0.15) is 23.6 Å². The van der Waals surface area contributed by atoms with Crippen molar-refractivity contribution in [3.63, 3.8) is 0 Å². The van der Waals surface area contributed by atoms with E-state index in [1.165, 1.54) is 27.5 Å². The Kier molecular flexibility index (Phi) is 4.22. The number of benzene rings is 3. The van der Waals surface area contributed by atoms with Gasteiger partial charge in [-0.1, -0.05) is 55.5 Å². The molecule has 1 aliphatic rings. The molecule has 0 aliphatic carbocycles. The highest BCUT2D eigenvalue weighted by Gasteiger charge is 2.23. The van der Waals surface area contributed by atoms with E-state index < -0.39 is 0 Å². The third-order valence-electron chi connectivity index (χ3n) is 4.55. The molecule has 1 fully saturated rings. The van der Waals surface area contributed by atoms with Crippen molar-refractivity contribution in [2.45, 2.75) is 25.9 Å². The molecule has 0 N–H and O–H groups in total. The number of fused-ring (bicyclic) bond motifs is 1. The molecule has 0 saturated carbocycles. The molecule has 1 heterocycles. The predicted molar refractivity (Wildman–Crippen MR) is 97.8 cm³/mol. The van der Waals surface area contributed by atoms with Crippen LogP contribution in [0.25, 0.3) is 10.8 Å². The summed E-state index contributed by atoms with van der Waals surface area (Å²) >= 11 is 0. The Morgan fingerprint density at radius 3 is 2.29 bits per heavy atom. The van der Waals surface area contributed by atoms with Crippen LogP contribution in [-0.4, -0.2) is 19.3 Å². The van der Waals surface area contributed by atoms with Crippen LogP contribution in [0.2, 0.25) is 0 Å². The maximum Gasteiger partial charge on any atom is 0.120 e. The minimum absolute atomic E-state index is 0.294. The Balaban J connectivity index is 1.50. The molecule has 3 aromatic carbocycles. The third kappa shape index (κ3) is 3.60. The lowest BCUT2D eigenvalue weighted by Gasteiger charge is -2.08. The van der Waals surface area contributed by atoms with E-state index in [1.807, 2.05) is 6.07 Å². The van der Waals surface area contributed by atoms with Gasteiger partial charge in [-0.2, -0.15) is 0 Å². The van der Waals surface area contributed by atoms with E-state index in [1.54, 1.807) is 0 Å². The second-order valence-corrected chi connectivity index (χ2v) is 6.46. The lowest BCUT2D eigenvalue weighted by atomic mass is 10.00. The standard InChI is InChI=1S/C22H22O2/c1-2-16-3-5-17(6-4-16)11-18-7-8-20-13-21(10-9-19(20)12-18)23-14-22-15-24-22/h3-10,12-13,22H,2,11,14-15H2,1H3. The molecule has 122 valence electrons. The molecule has 24 heavy (non-hydrogen) atoms. The zero-order chi connectivity index (χ0) is 16.4. The summed E-state index contributed by atoms with van der Waals surface area (Å²) in [4.78, 5) is 0. The Labute approximate surface area is 143 Å². The molecule has 1 saturated heterocycles. The second kappa shape index (κ2) is 6.66. The highest BCUT2D eigenvalue weighted by atomic mass is 16.6. The first-order chi connectivity index (χ1) is 11.8. The van der Waals surface area contributed by atoms with Crippen molar-refractivity contribution < 1.29 is 9.47 Å². The predicted octanol–water partition coefficient (Wildman–Crippen LogP) is 4.77. The van der Waals surface area contributed by atoms with Crippen LogP contribution in [0.4, 0.5) is 0 Å². The van der Waals surface area contributed by atoms with Gasteiger partial charge in [-0.15, -0.1) is 0 Å². The lowest BCUT2D eigenvalue weighted by Crippen LogP contribution is -2.03. The maximum absolute atomic E-state index is 5.76. The van der Waals surface area contributed by atoms with Crippen molar-refractivity contribution in [1.82, 2.24) is 0 Å². The number of epoxide rings is 1. The highest BCUT2D eigenvalue weighted by Crippen LogP contribution is 2.24. The lowest BCUT2D eigenvalue weighted by molar-refractivity contribution is 0.263. The van der Waals surface area contributed by atoms with Gasteiger partial charge in [-0.05, 0) is 52.4 Å². The Bertz CT molecular complexity index is 832. The molecule has 3 aromatic rings. The molecule has 1 atom stereocenters. The van der Waals surface area contributed by atoms with Gasteiger partial charge in [-0.3, -0.25) is 0 Å². The van der Waals surface area contributed by atoms with Crippen molar-refractivity contribution in [2.24, 2.45) is 0 Å². The normalized spacial score (nSPS) is 16.3. The molecule has 1 aliphatic heterocycles. The molecule has 4 rings (SSSR count). The molecule has 0 bridgehead atoms. The van der Waals surface area contributed by atoms with Crippen molar-refractivity contribution >= 4 is 10.8 Å². The minimum atomic E-state index is 0.294. The summed E-state index contributed by atoms with van der Waals surface area (Å²) in [5, 5.41) is 2.47. The molecular weight excluding hydrogens is 296 g/mol. The van der Waals surface area contributed by atoms with Gasteiger partial charge in [0.25, 0.3) is 0 Å². The fourth-order valence-electron chi connectivity index (χ4n) is 2.95. The summed E-state index contributed by atoms with van der Waals surface area (Å²) in [6.45, 7) is 3.67. The van der Waals surface area contributed by atoms with E-state index in [0.29, 0.717) is 12.7 Å². The highest BCUT2D eigenvalue weighted by molar-refractivity contribution is 5.84. The average Bonchev–Trinajstić information content (AvgIpc) is 3.45. The smallest absolute Gasteiger partial charge is 0.120 e. The summed E-state index contributed by atoms with van der Waals surface area (Å²) in [7, 11) is 0. The van der Waals surface area contributed by atoms with E-state index in [4.69, 9.17) is 9.47 Å². The second-order valence-electron chi connectivity index (χ2n) is 6.46. The first-order valence-electron chi connectivity index (χ1n) is 8.65. The van der Waals surface area contributed by atoms with Crippen molar-refractivity contribution in [3.8, 4) is 5.75 Å². The van der Waals surface area contributed by atoms with E-state index in [2.05, 4.69) is 61.5 Å². The number of hydrogen-bond donors (Lipinski definition) is 0. The van der Waals surface area contributed by atoms with Gasteiger partial charge in [0.1, 0.15) is 18.5 Å². The van der Waals surface area contributed by atoms with E-state index in [9.17, 15) is 0 Å². The zero-order valence-corrected chi connectivity index (χ0v) is 14.0. The molecule has 2 nitrogen and oxygen atoms in total. The van der Waals surface area contributed by atoms with Gasteiger partial charge in [0.05, 0.1) is 6.61 Å². The Morgan fingerprint density at radius 1 is 0.875 bits per heavy atom. The molecule has 2 heteroatoms. The molecule has 0 spiro atoms. The Morgan fingerprint density at radius 2 is 1.54 bits per heavy atom. The van der Waals surface area contributed by atoms with E-state index in [-0.39, 0.29) is 0 Å². The first kappa shape index (κ1) is 15.2. The number of aryl methyl sites for hydroxylation is 1. The molecule has 0 amide bonds. The summed E-state index contributed by atoms with van der Waals surface area (Å²) < 4.78 is 10.9. The molecule has 1 unspecified atom stereocenters. The third-order valence-corrected chi connectivity index (χ3v) is 4.55. The minimum Gasteiger partial charge on any atom is -0.491 e. The van der Waals surface area contributed by atoms with Gasteiger partial charge in [0.2, 0.25) is 0 Å². The van der Waals surface area contributed by atoms with Crippen LogP contribution < -0.4 is 4.74 Å². The summed E-state index contributed by atoms with van der Waals surface area (Å²) in [5.74, 6) is 0.918. The summed E-state index contributed by atoms with van der Waals surface area (Å²) in [6.07, 6.45) is 2.35. The van der Waals surface area contributed by atoms with Crippen LogP contribution in [0.5, 0.6) is 5.75 Å². The van der Waals surface area contributed by atoms with E-state index in [0.717, 1.165) is 25.2 Å². The number of ether oxygens (including phenoxy) is 2. The van der Waals surface area contributed by atoms with Crippen molar-refractivity contribution in [2.75, 3.05) is 13.2 Å². The van der Waals surface area contributed by atoms with Crippen molar-refractivity contribution in [3.05, 3.63) is 77.4 Å². The summed E-state index contributed by atoms with van der Waals surface area (Å²) in [6, 6.07) is 21.9. The fourth-order valence-corrected chi connectivity index (χ4v) is 2.95. The Hall–Kier alpha value is -2.32. The van der Waals surface area contributed by atoms with Crippen LogP contribution in [0, 0.1) is 0 Å². The van der Waals surface area contributed by atoms with Crippen LogP contribution >= 0.6 is 0 Å². The maximum atomic E-state index is 5.76. The summed E-state index contributed by atoms with van der Waals surface area (Å²) in [5.41, 5.74) is 4.09. The van der Waals surface area contributed by atoms with Gasteiger partial charge in [0, 0.05) is 0 Å². The van der Waals surface area contributed by atoms with Gasteiger partial charge in [0.15, 0.2) is 0 Å². The van der Waals surface area contributed by atoms with Crippen LogP contribution in [-0.2, 0) is 17.6 Å². The van der Waals surface area contributed by atoms with Gasteiger partial charge < -0.3 is 9.47 Å². The van der Waals surface area contributed by atoms with Crippen LogP contribution in [0.15, 0.2) is 60.7 Å². The largest absolute Gasteiger partial charge is 0.491 e. The van der Waals surface area contributed by atoms with Gasteiger partial charge in [-0.25, -0.2) is 0 Å². The topological polar surface area (TPSA) is 21.8 Å². The zero-order valence-electron chi connectivity index (χ0n) is 14.0. The molecule has 0 aromatic heterocycles. The van der Waals surface area contributed by atoms with E-state index >= 15 is 0 Å². The fraction of sp³-hybridized carbons (Fsp3) is 0.273. The first-order valence-corrected chi connectivity index (χ1v) is 8.65. The van der Waals surface area contributed by atoms with Crippen molar-refractivity contribution in [1.29, 1.82) is 0 Å². The molecule has 0 radical (unpaired) electrons. The SMILES string of the molecule is CCc1ccc(Cc2ccc3cc(OCC4CO4)ccc3c2)cc1. The quantitative estimate of drug-likeness (QED) is 0.611. The monoisotopic (exact) mass is 318 g/mol. The number of hydrogen-bond acceptors (Lipinski definition) is 2. The molecular formula is C22H22O2. The number of rotatable bonds is 6. The van der Waals surface area contributed by atoms with Gasteiger partial charge >= 0.3 is 0 Å². The van der Waals surface area contributed by atoms with Crippen LogP contribution in [0.3, 0.4) is 0 Å².